The first kappa shape index (κ1) is 16.4. The van der Waals surface area contributed by atoms with Crippen LogP contribution in [-0.4, -0.2) is 46.6 Å². The standard InChI is InChI=1S/C17H15ClN2O4/c18-13-4-1-11(2-5-13)15-10-20(7-8-24-15)16(21)12-3-6-14(17(22)23)19-9-12/h1-6,9,15H,7-8,10H2,(H,22,23)/t15-/m0/s1. The second-order valence-corrected chi connectivity index (χ2v) is 5.84. The molecule has 0 unspecified atom stereocenters. The van der Waals surface area contributed by atoms with Crippen molar-refractivity contribution in [3.8, 4) is 0 Å². The average Bonchev–Trinajstić information content (AvgIpc) is 2.62. The van der Waals surface area contributed by atoms with E-state index in [-0.39, 0.29) is 17.7 Å². The second kappa shape index (κ2) is 6.98. The minimum atomic E-state index is -1.12. The van der Waals surface area contributed by atoms with Gasteiger partial charge in [-0.2, -0.15) is 0 Å². The molecule has 2 aromatic rings. The lowest BCUT2D eigenvalue weighted by atomic mass is 10.1. The molecular formula is C17H15ClN2O4. The van der Waals surface area contributed by atoms with E-state index in [0.717, 1.165) is 5.56 Å². The lowest BCUT2D eigenvalue weighted by molar-refractivity contribution is -0.0228. The first-order valence-corrected chi connectivity index (χ1v) is 7.78. The summed E-state index contributed by atoms with van der Waals surface area (Å²) in [6.45, 7) is 1.32. The molecule has 0 spiro atoms. The number of hydrogen-bond donors (Lipinski definition) is 1. The monoisotopic (exact) mass is 346 g/mol. The largest absolute Gasteiger partial charge is 0.477 e. The van der Waals surface area contributed by atoms with Crippen LogP contribution in [0.5, 0.6) is 0 Å². The summed E-state index contributed by atoms with van der Waals surface area (Å²) < 4.78 is 5.74. The minimum absolute atomic E-state index is 0.0902. The summed E-state index contributed by atoms with van der Waals surface area (Å²) in [6.07, 6.45) is 1.07. The Labute approximate surface area is 143 Å². The van der Waals surface area contributed by atoms with Crippen LogP contribution < -0.4 is 0 Å². The van der Waals surface area contributed by atoms with Crippen molar-refractivity contribution in [2.45, 2.75) is 6.10 Å². The number of aromatic carboxylic acids is 1. The van der Waals surface area contributed by atoms with E-state index in [1.807, 2.05) is 12.1 Å². The van der Waals surface area contributed by atoms with Crippen LogP contribution >= 0.6 is 11.6 Å². The zero-order valence-electron chi connectivity index (χ0n) is 12.7. The van der Waals surface area contributed by atoms with Gasteiger partial charge in [-0.3, -0.25) is 4.79 Å². The number of pyridine rings is 1. The van der Waals surface area contributed by atoms with Gasteiger partial charge in [0, 0.05) is 17.8 Å². The quantitative estimate of drug-likeness (QED) is 0.924. The smallest absolute Gasteiger partial charge is 0.354 e. The lowest BCUT2D eigenvalue weighted by Crippen LogP contribution is -2.42. The van der Waals surface area contributed by atoms with E-state index in [2.05, 4.69) is 4.98 Å². The maximum atomic E-state index is 12.6. The van der Waals surface area contributed by atoms with Crippen LogP contribution in [0.2, 0.25) is 5.02 Å². The summed E-state index contributed by atoms with van der Waals surface area (Å²) in [5.74, 6) is -1.31. The van der Waals surface area contributed by atoms with Gasteiger partial charge in [0.05, 0.1) is 18.7 Å². The van der Waals surface area contributed by atoms with Crippen LogP contribution in [0.15, 0.2) is 42.6 Å². The van der Waals surface area contributed by atoms with Crippen LogP contribution in [0.4, 0.5) is 0 Å². The third-order valence-corrected chi connectivity index (χ3v) is 4.08. The number of halogens is 1. The predicted molar refractivity (Wildman–Crippen MR) is 87.2 cm³/mol. The van der Waals surface area contributed by atoms with E-state index >= 15 is 0 Å². The molecule has 1 atom stereocenters. The van der Waals surface area contributed by atoms with Gasteiger partial charge >= 0.3 is 5.97 Å². The summed E-state index contributed by atoms with van der Waals surface area (Å²) in [4.78, 5) is 28.9. The fourth-order valence-corrected chi connectivity index (χ4v) is 2.67. The Morgan fingerprint density at radius 3 is 2.58 bits per heavy atom. The number of morpholine rings is 1. The lowest BCUT2D eigenvalue weighted by Gasteiger charge is -2.33. The van der Waals surface area contributed by atoms with Crippen molar-refractivity contribution >= 4 is 23.5 Å². The van der Waals surface area contributed by atoms with Gasteiger partial charge in [-0.05, 0) is 29.8 Å². The van der Waals surface area contributed by atoms with Gasteiger partial charge in [0.25, 0.3) is 5.91 Å². The highest BCUT2D eigenvalue weighted by molar-refractivity contribution is 6.30. The number of rotatable bonds is 3. The van der Waals surface area contributed by atoms with Crippen molar-refractivity contribution < 1.29 is 19.4 Å². The van der Waals surface area contributed by atoms with E-state index in [1.54, 1.807) is 17.0 Å². The Morgan fingerprint density at radius 1 is 1.21 bits per heavy atom. The number of carboxylic acids is 1. The van der Waals surface area contributed by atoms with Gasteiger partial charge in [0.15, 0.2) is 0 Å². The molecule has 1 aliphatic rings. The Morgan fingerprint density at radius 2 is 1.96 bits per heavy atom. The molecule has 124 valence electrons. The molecule has 0 aliphatic carbocycles. The van der Waals surface area contributed by atoms with Crippen molar-refractivity contribution in [3.63, 3.8) is 0 Å². The molecule has 0 radical (unpaired) electrons. The number of aromatic nitrogens is 1. The van der Waals surface area contributed by atoms with Gasteiger partial charge in [0.2, 0.25) is 0 Å². The van der Waals surface area contributed by atoms with Crippen LogP contribution in [0, 0.1) is 0 Å². The Hall–Kier alpha value is -2.44. The van der Waals surface area contributed by atoms with E-state index in [0.29, 0.717) is 30.3 Å². The highest BCUT2D eigenvalue weighted by Gasteiger charge is 2.26. The third-order valence-electron chi connectivity index (χ3n) is 3.83. The van der Waals surface area contributed by atoms with Gasteiger partial charge in [0.1, 0.15) is 11.8 Å². The van der Waals surface area contributed by atoms with Crippen LogP contribution in [0.1, 0.15) is 32.5 Å². The zero-order chi connectivity index (χ0) is 17.1. The fourth-order valence-electron chi connectivity index (χ4n) is 2.54. The molecule has 2 heterocycles. The van der Waals surface area contributed by atoms with Crippen molar-refractivity contribution in [1.82, 2.24) is 9.88 Å². The first-order valence-electron chi connectivity index (χ1n) is 7.40. The normalized spacial score (nSPS) is 17.5. The number of benzene rings is 1. The molecule has 1 aromatic heterocycles. The highest BCUT2D eigenvalue weighted by atomic mass is 35.5. The molecule has 1 saturated heterocycles. The van der Waals surface area contributed by atoms with Crippen LogP contribution in [-0.2, 0) is 4.74 Å². The molecule has 0 bridgehead atoms. The van der Waals surface area contributed by atoms with Crippen molar-refractivity contribution in [3.05, 3.63) is 64.4 Å². The molecule has 1 fully saturated rings. The number of carbonyl (C=O) groups is 2. The SMILES string of the molecule is O=C(O)c1ccc(C(=O)N2CCO[C@H](c3ccc(Cl)cc3)C2)cn1. The van der Waals surface area contributed by atoms with E-state index < -0.39 is 5.97 Å². The van der Waals surface area contributed by atoms with Crippen molar-refractivity contribution in [2.75, 3.05) is 19.7 Å². The van der Waals surface area contributed by atoms with Gasteiger partial charge in [-0.1, -0.05) is 23.7 Å². The Kier molecular flexibility index (Phi) is 4.78. The molecule has 7 heteroatoms. The molecule has 1 aromatic carbocycles. The predicted octanol–water partition coefficient (Wildman–Crippen LogP) is 2.65. The van der Waals surface area contributed by atoms with Gasteiger partial charge in [-0.25, -0.2) is 9.78 Å². The number of carbonyl (C=O) groups excluding carboxylic acids is 1. The Bertz CT molecular complexity index is 746. The number of hydrogen-bond acceptors (Lipinski definition) is 4. The summed E-state index contributed by atoms with van der Waals surface area (Å²) in [6, 6.07) is 10.1. The molecule has 6 nitrogen and oxygen atoms in total. The molecule has 1 N–H and O–H groups in total. The van der Waals surface area contributed by atoms with Crippen LogP contribution in [0.3, 0.4) is 0 Å². The van der Waals surface area contributed by atoms with E-state index in [9.17, 15) is 9.59 Å². The van der Waals surface area contributed by atoms with Crippen molar-refractivity contribution in [1.29, 1.82) is 0 Å². The topological polar surface area (TPSA) is 79.7 Å². The maximum absolute atomic E-state index is 12.6. The highest BCUT2D eigenvalue weighted by Crippen LogP contribution is 2.24. The summed E-state index contributed by atoms with van der Waals surface area (Å²) in [5, 5.41) is 9.50. The first-order chi connectivity index (χ1) is 11.5. The summed E-state index contributed by atoms with van der Waals surface area (Å²) in [5.41, 5.74) is 1.22. The van der Waals surface area contributed by atoms with E-state index in [4.69, 9.17) is 21.4 Å². The number of amides is 1. The maximum Gasteiger partial charge on any atom is 0.354 e. The number of carboxylic acid groups (broad SMARTS) is 1. The van der Waals surface area contributed by atoms with Gasteiger partial charge in [-0.15, -0.1) is 0 Å². The number of ether oxygens (including phenoxy) is 1. The van der Waals surface area contributed by atoms with Gasteiger partial charge < -0.3 is 14.7 Å². The molecule has 1 aliphatic heterocycles. The fraction of sp³-hybridized carbons (Fsp3) is 0.235. The third kappa shape index (κ3) is 3.55. The second-order valence-electron chi connectivity index (χ2n) is 5.40. The van der Waals surface area contributed by atoms with Crippen LogP contribution in [0.25, 0.3) is 0 Å². The average molecular weight is 347 g/mol. The summed E-state index contributed by atoms with van der Waals surface area (Å²) in [7, 11) is 0. The van der Waals surface area contributed by atoms with Crippen molar-refractivity contribution in [2.24, 2.45) is 0 Å². The molecular weight excluding hydrogens is 332 g/mol. The molecule has 24 heavy (non-hydrogen) atoms. The molecule has 1 amide bonds. The molecule has 0 saturated carbocycles. The zero-order valence-corrected chi connectivity index (χ0v) is 13.4. The molecule has 3 rings (SSSR count). The minimum Gasteiger partial charge on any atom is -0.477 e. The Balaban J connectivity index is 1.72. The van der Waals surface area contributed by atoms with E-state index in [1.165, 1.54) is 18.3 Å². The number of nitrogens with zero attached hydrogens (tertiary/aromatic N) is 2. The summed E-state index contributed by atoms with van der Waals surface area (Å²) >= 11 is 5.89.